The van der Waals surface area contributed by atoms with Crippen LogP contribution in [0.2, 0.25) is 0 Å². The zero-order chi connectivity index (χ0) is 11.3. The predicted octanol–water partition coefficient (Wildman–Crippen LogP) is 1.06. The van der Waals surface area contributed by atoms with Crippen molar-refractivity contribution in [3.05, 3.63) is 12.7 Å². The average molecular weight is 263 g/mol. The standard InChI is InChI=1S/C9H13NO2S3/c1-3-4-10-8(13)14-7-5-15(11,12)6-9(7,10)2/h3,7H,1,4-6H2,2H3/t7-,9-/m1/s1. The van der Waals surface area contributed by atoms with Gasteiger partial charge >= 0.3 is 0 Å². The van der Waals surface area contributed by atoms with Gasteiger partial charge in [-0.15, -0.1) is 6.58 Å². The third-order valence-electron chi connectivity index (χ3n) is 3.00. The highest BCUT2D eigenvalue weighted by atomic mass is 32.2. The zero-order valence-corrected chi connectivity index (χ0v) is 10.9. The van der Waals surface area contributed by atoms with E-state index in [1.165, 1.54) is 11.8 Å². The summed E-state index contributed by atoms with van der Waals surface area (Å²) in [5.41, 5.74) is -0.325. The van der Waals surface area contributed by atoms with E-state index in [-0.39, 0.29) is 22.3 Å². The average Bonchev–Trinajstić information content (AvgIpc) is 2.42. The zero-order valence-electron chi connectivity index (χ0n) is 8.47. The summed E-state index contributed by atoms with van der Waals surface area (Å²) >= 11 is 6.77. The van der Waals surface area contributed by atoms with Gasteiger partial charge in [0.15, 0.2) is 9.84 Å². The fraction of sp³-hybridized carbons (Fsp3) is 0.667. The fourth-order valence-electron chi connectivity index (χ4n) is 2.23. The van der Waals surface area contributed by atoms with E-state index in [1.807, 2.05) is 11.8 Å². The van der Waals surface area contributed by atoms with Gasteiger partial charge in [0.05, 0.1) is 17.0 Å². The lowest BCUT2D eigenvalue weighted by Crippen LogP contribution is -2.48. The van der Waals surface area contributed by atoms with Crippen LogP contribution in [0, 0.1) is 0 Å². The fourth-order valence-corrected chi connectivity index (χ4v) is 7.16. The molecule has 2 aliphatic rings. The molecule has 2 saturated heterocycles. The van der Waals surface area contributed by atoms with E-state index in [9.17, 15) is 8.42 Å². The summed E-state index contributed by atoms with van der Waals surface area (Å²) in [5, 5.41) is 0.0925. The molecule has 84 valence electrons. The van der Waals surface area contributed by atoms with Crippen LogP contribution in [0.1, 0.15) is 6.92 Å². The highest BCUT2D eigenvalue weighted by Crippen LogP contribution is 2.45. The molecule has 0 spiro atoms. The molecule has 0 bridgehead atoms. The van der Waals surface area contributed by atoms with Gasteiger partial charge in [0.25, 0.3) is 0 Å². The molecular weight excluding hydrogens is 250 g/mol. The Balaban J connectivity index is 2.35. The largest absolute Gasteiger partial charge is 0.346 e. The molecular formula is C9H13NO2S3. The third kappa shape index (κ3) is 1.72. The Hall–Kier alpha value is -0.0700. The summed E-state index contributed by atoms with van der Waals surface area (Å²) in [7, 11) is -2.90. The topological polar surface area (TPSA) is 37.4 Å². The molecule has 0 aliphatic carbocycles. The van der Waals surface area contributed by atoms with Gasteiger partial charge in [-0.3, -0.25) is 0 Å². The van der Waals surface area contributed by atoms with Crippen molar-refractivity contribution in [3.8, 4) is 0 Å². The second kappa shape index (κ2) is 3.46. The highest BCUT2D eigenvalue weighted by Gasteiger charge is 2.56. The van der Waals surface area contributed by atoms with Crippen molar-refractivity contribution >= 4 is 38.1 Å². The van der Waals surface area contributed by atoms with Crippen LogP contribution in [-0.2, 0) is 9.84 Å². The molecule has 0 amide bonds. The van der Waals surface area contributed by atoms with Gasteiger partial charge in [0.2, 0.25) is 0 Å². The number of thiocarbonyl (C=S) groups is 1. The number of nitrogens with zero attached hydrogens (tertiary/aromatic N) is 1. The molecule has 0 radical (unpaired) electrons. The SMILES string of the molecule is C=CCN1C(=S)S[C@@H]2CS(=O)(=O)C[C@]21C. The van der Waals surface area contributed by atoms with Crippen LogP contribution in [0.3, 0.4) is 0 Å². The molecule has 0 saturated carbocycles. The lowest BCUT2D eigenvalue weighted by atomic mass is 10.00. The van der Waals surface area contributed by atoms with Crippen molar-refractivity contribution in [2.75, 3.05) is 18.1 Å². The quantitative estimate of drug-likeness (QED) is 0.550. The van der Waals surface area contributed by atoms with Gasteiger partial charge in [-0.1, -0.05) is 30.1 Å². The van der Waals surface area contributed by atoms with E-state index < -0.39 is 9.84 Å². The maximum absolute atomic E-state index is 11.6. The molecule has 0 aromatic carbocycles. The van der Waals surface area contributed by atoms with Crippen LogP contribution >= 0.6 is 24.0 Å². The molecule has 6 heteroatoms. The third-order valence-corrected chi connectivity index (χ3v) is 6.97. The summed E-state index contributed by atoms with van der Waals surface area (Å²) in [6.45, 7) is 6.30. The second-order valence-corrected chi connectivity index (χ2v) is 8.13. The number of fused-ring (bicyclic) bond motifs is 1. The van der Waals surface area contributed by atoms with Crippen molar-refractivity contribution < 1.29 is 8.42 Å². The molecule has 0 N–H and O–H groups in total. The summed E-state index contributed by atoms with van der Waals surface area (Å²) in [6, 6.07) is 0. The van der Waals surface area contributed by atoms with Gasteiger partial charge in [0.1, 0.15) is 4.32 Å². The Morgan fingerprint density at radius 1 is 1.80 bits per heavy atom. The van der Waals surface area contributed by atoms with Gasteiger partial charge in [-0.2, -0.15) is 0 Å². The Bertz CT molecular complexity index is 417. The molecule has 15 heavy (non-hydrogen) atoms. The number of thioether (sulfide) groups is 1. The van der Waals surface area contributed by atoms with E-state index in [2.05, 4.69) is 6.58 Å². The van der Waals surface area contributed by atoms with Gasteiger partial charge < -0.3 is 4.90 Å². The summed E-state index contributed by atoms with van der Waals surface area (Å²) in [4.78, 5) is 2.00. The predicted molar refractivity (Wildman–Crippen MR) is 67.9 cm³/mol. The Labute approximate surface area is 99.8 Å². The van der Waals surface area contributed by atoms with E-state index in [0.29, 0.717) is 6.54 Å². The van der Waals surface area contributed by atoms with Gasteiger partial charge in [0, 0.05) is 11.8 Å². The maximum Gasteiger partial charge on any atom is 0.153 e. The molecule has 0 unspecified atom stereocenters. The minimum atomic E-state index is -2.90. The number of hydrogen-bond donors (Lipinski definition) is 0. The van der Waals surface area contributed by atoms with Crippen molar-refractivity contribution in [2.45, 2.75) is 17.7 Å². The molecule has 0 aromatic heterocycles. The first-order valence-electron chi connectivity index (χ1n) is 4.69. The first-order valence-corrected chi connectivity index (χ1v) is 7.79. The Kier molecular flexibility index (Phi) is 2.64. The first-order chi connectivity index (χ1) is 6.89. The smallest absolute Gasteiger partial charge is 0.153 e. The molecule has 2 aliphatic heterocycles. The van der Waals surface area contributed by atoms with Crippen LogP contribution in [0.15, 0.2) is 12.7 Å². The minimum Gasteiger partial charge on any atom is -0.346 e. The highest BCUT2D eigenvalue weighted by molar-refractivity contribution is 8.24. The summed E-state index contributed by atoms with van der Waals surface area (Å²) < 4.78 is 24.0. The molecule has 2 heterocycles. The number of hydrogen-bond acceptors (Lipinski definition) is 4. The van der Waals surface area contributed by atoms with Crippen molar-refractivity contribution in [1.82, 2.24) is 4.90 Å². The second-order valence-electron chi connectivity index (χ2n) is 4.18. The molecule has 2 rings (SSSR count). The van der Waals surface area contributed by atoms with Gasteiger partial charge in [-0.05, 0) is 6.92 Å². The lowest BCUT2D eigenvalue weighted by Gasteiger charge is -2.33. The Morgan fingerprint density at radius 2 is 2.47 bits per heavy atom. The van der Waals surface area contributed by atoms with Crippen LogP contribution in [0.4, 0.5) is 0 Å². The van der Waals surface area contributed by atoms with E-state index in [1.54, 1.807) is 6.08 Å². The van der Waals surface area contributed by atoms with Crippen molar-refractivity contribution in [3.63, 3.8) is 0 Å². The van der Waals surface area contributed by atoms with E-state index in [4.69, 9.17) is 12.2 Å². The number of sulfone groups is 1. The number of rotatable bonds is 2. The monoisotopic (exact) mass is 263 g/mol. The van der Waals surface area contributed by atoms with Crippen LogP contribution < -0.4 is 0 Å². The maximum atomic E-state index is 11.6. The van der Waals surface area contributed by atoms with Crippen LogP contribution in [0.5, 0.6) is 0 Å². The Morgan fingerprint density at radius 3 is 3.07 bits per heavy atom. The van der Waals surface area contributed by atoms with Gasteiger partial charge in [-0.25, -0.2) is 8.42 Å². The van der Waals surface area contributed by atoms with E-state index in [0.717, 1.165) is 4.32 Å². The summed E-state index contributed by atoms with van der Waals surface area (Å²) in [5.74, 6) is 0.466. The van der Waals surface area contributed by atoms with Crippen LogP contribution in [0.25, 0.3) is 0 Å². The first kappa shape index (κ1) is 11.4. The van der Waals surface area contributed by atoms with Crippen molar-refractivity contribution in [2.24, 2.45) is 0 Å². The molecule has 3 nitrogen and oxygen atoms in total. The van der Waals surface area contributed by atoms with Crippen molar-refractivity contribution in [1.29, 1.82) is 0 Å². The summed E-state index contributed by atoms with van der Waals surface area (Å²) in [6.07, 6.45) is 1.77. The molecule has 2 atom stereocenters. The molecule has 2 fully saturated rings. The van der Waals surface area contributed by atoms with E-state index >= 15 is 0 Å². The minimum absolute atomic E-state index is 0.0925. The molecule has 0 aromatic rings. The lowest BCUT2D eigenvalue weighted by molar-refractivity contribution is 0.267. The van der Waals surface area contributed by atoms with Crippen LogP contribution in [-0.4, -0.2) is 46.5 Å². The normalized spacial score (nSPS) is 38.1.